The molecule has 0 bridgehead atoms. The number of hydrogen-bond acceptors (Lipinski definition) is 5. The van der Waals surface area contributed by atoms with Crippen molar-refractivity contribution in [1.29, 1.82) is 0 Å². The van der Waals surface area contributed by atoms with Gasteiger partial charge in [-0.25, -0.2) is 19.4 Å². The Morgan fingerprint density at radius 3 is 2.47 bits per heavy atom. The van der Waals surface area contributed by atoms with Gasteiger partial charge in [-0.15, -0.1) is 0 Å². The van der Waals surface area contributed by atoms with E-state index in [9.17, 15) is 14.4 Å². The molecule has 0 saturated carbocycles. The Bertz CT molecular complexity index is 328. The Morgan fingerprint density at radius 1 is 1.47 bits per heavy atom. The highest BCUT2D eigenvalue weighted by Gasteiger charge is 2.23. The molecule has 0 heterocycles. The Morgan fingerprint density at radius 2 is 2.06 bits per heavy atom. The van der Waals surface area contributed by atoms with E-state index in [1.165, 1.54) is 6.08 Å². The van der Waals surface area contributed by atoms with Crippen molar-refractivity contribution >= 4 is 18.1 Å². The van der Waals surface area contributed by atoms with Crippen molar-refractivity contribution in [3.63, 3.8) is 0 Å². The molecule has 96 valence electrons. The van der Waals surface area contributed by atoms with Gasteiger partial charge in [-0.05, 0) is 27.2 Å². The predicted octanol–water partition coefficient (Wildman–Crippen LogP) is 0.690. The summed E-state index contributed by atoms with van der Waals surface area (Å²) in [7, 11) is 0. The molecule has 0 fully saturated rings. The molecule has 0 radical (unpaired) electrons. The van der Waals surface area contributed by atoms with Crippen LogP contribution in [0.4, 0.5) is 4.79 Å². The van der Waals surface area contributed by atoms with Gasteiger partial charge in [-0.2, -0.15) is 0 Å². The molecule has 0 aromatic heterocycles. The number of nitrogens with zero attached hydrogens (tertiary/aromatic N) is 1. The first kappa shape index (κ1) is 15.1. The summed E-state index contributed by atoms with van der Waals surface area (Å²) < 4.78 is 4.90. The normalized spacial score (nSPS) is 12.2. The van der Waals surface area contributed by atoms with Crippen LogP contribution in [0.25, 0.3) is 0 Å². The van der Waals surface area contributed by atoms with E-state index in [0.717, 1.165) is 0 Å². The van der Waals surface area contributed by atoms with Crippen LogP contribution in [0.5, 0.6) is 0 Å². The maximum absolute atomic E-state index is 11.3. The number of aliphatic carboxylic acids is 1. The third-order valence-electron chi connectivity index (χ3n) is 1.58. The molecule has 1 unspecified atom stereocenters. The summed E-state index contributed by atoms with van der Waals surface area (Å²) in [4.78, 5) is 35.1. The number of carboxylic acid groups (broad SMARTS) is 1. The Hall–Kier alpha value is -1.88. The first-order chi connectivity index (χ1) is 7.76. The minimum Gasteiger partial charge on any atom is -0.480 e. The SMILES string of the molecule is CC(C)(C)OC(=O)NC(CCN=C=O)C(=O)O. The smallest absolute Gasteiger partial charge is 0.408 e. The fourth-order valence-corrected chi connectivity index (χ4v) is 0.946. The number of hydrogen-bond donors (Lipinski definition) is 2. The fourth-order valence-electron chi connectivity index (χ4n) is 0.946. The molecule has 2 N–H and O–H groups in total. The molecule has 0 aromatic carbocycles. The van der Waals surface area contributed by atoms with Gasteiger partial charge < -0.3 is 15.2 Å². The highest BCUT2D eigenvalue weighted by atomic mass is 16.6. The zero-order chi connectivity index (χ0) is 13.5. The van der Waals surface area contributed by atoms with Crippen molar-refractivity contribution in [2.75, 3.05) is 6.54 Å². The van der Waals surface area contributed by atoms with Gasteiger partial charge in [0.15, 0.2) is 0 Å². The second kappa shape index (κ2) is 6.65. The molecule has 1 amide bonds. The lowest BCUT2D eigenvalue weighted by Crippen LogP contribution is -2.43. The van der Waals surface area contributed by atoms with Crippen LogP contribution in [0.3, 0.4) is 0 Å². The first-order valence-electron chi connectivity index (χ1n) is 5.02. The second-order valence-corrected chi connectivity index (χ2v) is 4.30. The van der Waals surface area contributed by atoms with E-state index in [4.69, 9.17) is 9.84 Å². The molecule has 0 aliphatic carbocycles. The van der Waals surface area contributed by atoms with E-state index < -0.39 is 23.7 Å². The minimum absolute atomic E-state index is 0.00379. The van der Waals surface area contributed by atoms with Gasteiger partial charge in [-0.3, -0.25) is 0 Å². The number of aliphatic imine (C=N–C) groups is 1. The quantitative estimate of drug-likeness (QED) is 0.546. The summed E-state index contributed by atoms with van der Waals surface area (Å²) in [5, 5.41) is 11.0. The van der Waals surface area contributed by atoms with Crippen molar-refractivity contribution in [1.82, 2.24) is 5.32 Å². The molecule has 0 saturated heterocycles. The summed E-state index contributed by atoms with van der Waals surface area (Å²) in [6.07, 6.45) is 0.476. The topological polar surface area (TPSA) is 105 Å². The first-order valence-corrected chi connectivity index (χ1v) is 5.02. The third kappa shape index (κ3) is 7.98. The van der Waals surface area contributed by atoms with E-state index >= 15 is 0 Å². The largest absolute Gasteiger partial charge is 0.480 e. The number of carbonyl (C=O) groups is 2. The zero-order valence-electron chi connectivity index (χ0n) is 10.0. The lowest BCUT2D eigenvalue weighted by molar-refractivity contribution is -0.139. The highest BCUT2D eigenvalue weighted by Crippen LogP contribution is 2.07. The molecule has 1 atom stereocenters. The van der Waals surface area contributed by atoms with Crippen molar-refractivity contribution < 1.29 is 24.2 Å². The standard InChI is InChI=1S/C10H16N2O5/c1-10(2,3)17-9(16)12-7(8(14)15)4-5-11-6-13/h7H,4-5H2,1-3H3,(H,12,16)(H,14,15). The molecule has 7 heteroatoms. The molecular formula is C10H16N2O5. The van der Waals surface area contributed by atoms with Crippen LogP contribution >= 0.6 is 0 Å². The molecule has 17 heavy (non-hydrogen) atoms. The van der Waals surface area contributed by atoms with Crippen LogP contribution < -0.4 is 5.32 Å². The summed E-state index contributed by atoms with van der Waals surface area (Å²) in [6, 6.07) is -1.14. The van der Waals surface area contributed by atoms with Crippen molar-refractivity contribution in [2.45, 2.75) is 38.8 Å². The Labute approximate surface area is 98.9 Å². The van der Waals surface area contributed by atoms with Crippen LogP contribution in [0.1, 0.15) is 27.2 Å². The van der Waals surface area contributed by atoms with E-state index in [-0.39, 0.29) is 13.0 Å². The van der Waals surface area contributed by atoms with Gasteiger partial charge in [0.25, 0.3) is 0 Å². The van der Waals surface area contributed by atoms with Gasteiger partial charge in [0.2, 0.25) is 6.08 Å². The van der Waals surface area contributed by atoms with Crippen molar-refractivity contribution in [3.8, 4) is 0 Å². The fraction of sp³-hybridized carbons (Fsp3) is 0.700. The average Bonchev–Trinajstić information content (AvgIpc) is 2.13. The third-order valence-corrected chi connectivity index (χ3v) is 1.58. The van der Waals surface area contributed by atoms with Gasteiger partial charge in [0.05, 0.1) is 6.54 Å². The van der Waals surface area contributed by atoms with E-state index in [2.05, 4.69) is 10.3 Å². The van der Waals surface area contributed by atoms with Gasteiger partial charge in [0.1, 0.15) is 11.6 Å². The van der Waals surface area contributed by atoms with Crippen LogP contribution in [0.15, 0.2) is 4.99 Å². The van der Waals surface area contributed by atoms with E-state index in [0.29, 0.717) is 0 Å². The summed E-state index contributed by atoms with van der Waals surface area (Å²) >= 11 is 0. The van der Waals surface area contributed by atoms with Crippen LogP contribution in [0.2, 0.25) is 0 Å². The average molecular weight is 244 g/mol. The summed E-state index contributed by atoms with van der Waals surface area (Å²) in [5.41, 5.74) is -0.700. The number of nitrogens with one attached hydrogen (secondary N) is 1. The molecule has 0 spiro atoms. The van der Waals surface area contributed by atoms with E-state index in [1.807, 2.05) is 0 Å². The molecule has 7 nitrogen and oxygen atoms in total. The second-order valence-electron chi connectivity index (χ2n) is 4.30. The Kier molecular flexibility index (Phi) is 5.91. The highest BCUT2D eigenvalue weighted by molar-refractivity contribution is 5.80. The summed E-state index contributed by atoms with van der Waals surface area (Å²) in [6.45, 7) is 4.98. The van der Waals surface area contributed by atoms with Crippen molar-refractivity contribution in [2.24, 2.45) is 4.99 Å². The number of amides is 1. The number of isocyanates is 1. The monoisotopic (exact) mass is 244 g/mol. The maximum Gasteiger partial charge on any atom is 0.408 e. The lowest BCUT2D eigenvalue weighted by Gasteiger charge is -2.21. The zero-order valence-corrected chi connectivity index (χ0v) is 10.0. The molecule has 0 aliphatic heterocycles. The van der Waals surface area contributed by atoms with Crippen molar-refractivity contribution in [3.05, 3.63) is 0 Å². The number of carboxylic acids is 1. The van der Waals surface area contributed by atoms with Crippen LogP contribution in [0, 0.1) is 0 Å². The predicted molar refractivity (Wildman–Crippen MR) is 58.4 cm³/mol. The number of rotatable bonds is 5. The molecule has 0 rings (SSSR count). The molecule has 0 aliphatic rings. The molecule has 0 aromatic rings. The minimum atomic E-state index is -1.21. The number of carbonyl (C=O) groups excluding carboxylic acids is 2. The maximum atomic E-state index is 11.3. The summed E-state index contributed by atoms with van der Waals surface area (Å²) in [5.74, 6) is -1.21. The molecular weight excluding hydrogens is 228 g/mol. The lowest BCUT2D eigenvalue weighted by atomic mass is 10.2. The van der Waals surface area contributed by atoms with Gasteiger partial charge >= 0.3 is 12.1 Å². The van der Waals surface area contributed by atoms with E-state index in [1.54, 1.807) is 20.8 Å². The number of ether oxygens (including phenoxy) is 1. The number of alkyl carbamates (subject to hydrolysis) is 1. The van der Waals surface area contributed by atoms with Crippen LogP contribution in [-0.4, -0.2) is 41.4 Å². The van der Waals surface area contributed by atoms with Crippen LogP contribution in [-0.2, 0) is 14.3 Å². The van der Waals surface area contributed by atoms with Gasteiger partial charge in [0, 0.05) is 0 Å². The Balaban J connectivity index is 4.30. The van der Waals surface area contributed by atoms with Gasteiger partial charge in [-0.1, -0.05) is 0 Å².